The van der Waals surface area contributed by atoms with E-state index in [1.165, 1.54) is 0 Å². The zero-order chi connectivity index (χ0) is 14.7. The van der Waals surface area contributed by atoms with Gasteiger partial charge in [-0.05, 0) is 31.2 Å². The molecule has 2 aromatic carbocycles. The van der Waals surface area contributed by atoms with Crippen LogP contribution in [0.4, 0.5) is 5.69 Å². The van der Waals surface area contributed by atoms with E-state index in [1.54, 1.807) is 11.9 Å². The fourth-order valence-electron chi connectivity index (χ4n) is 1.97. The molecule has 2 aromatic rings. The summed E-state index contributed by atoms with van der Waals surface area (Å²) >= 11 is 5.03. The summed E-state index contributed by atoms with van der Waals surface area (Å²) < 4.78 is 0. The second-order valence-corrected chi connectivity index (χ2v) is 5.05. The molecule has 4 heteroatoms. The van der Waals surface area contributed by atoms with Crippen LogP contribution in [0.3, 0.4) is 0 Å². The molecular weight excluding hydrogens is 268 g/mol. The highest BCUT2D eigenvalue weighted by atomic mass is 32.1. The second-order valence-electron chi connectivity index (χ2n) is 4.61. The molecular formula is C16H16N2OS. The molecule has 0 unspecified atom stereocenters. The Morgan fingerprint density at radius 2 is 1.70 bits per heavy atom. The van der Waals surface area contributed by atoms with Crippen molar-refractivity contribution in [2.45, 2.75) is 6.92 Å². The zero-order valence-corrected chi connectivity index (χ0v) is 12.3. The number of hydrogen-bond donors (Lipinski definition) is 1. The number of amides is 1. The van der Waals surface area contributed by atoms with Crippen molar-refractivity contribution in [3.05, 3.63) is 65.2 Å². The molecule has 0 atom stereocenters. The summed E-state index contributed by atoms with van der Waals surface area (Å²) in [4.78, 5) is 14.3. The third kappa shape index (κ3) is 2.86. The molecule has 0 spiro atoms. The number of rotatable bonds is 3. The topological polar surface area (TPSA) is 46.3 Å². The average Bonchev–Trinajstić information content (AvgIpc) is 2.46. The molecule has 102 valence electrons. The van der Waals surface area contributed by atoms with E-state index in [9.17, 15) is 4.79 Å². The Morgan fingerprint density at radius 1 is 1.10 bits per heavy atom. The van der Waals surface area contributed by atoms with Crippen LogP contribution in [-0.4, -0.2) is 17.9 Å². The van der Waals surface area contributed by atoms with Gasteiger partial charge in [-0.25, -0.2) is 0 Å². The highest BCUT2D eigenvalue weighted by Gasteiger charge is 2.16. The van der Waals surface area contributed by atoms with Crippen LogP contribution < -0.4 is 10.6 Å². The smallest absolute Gasteiger partial charge is 0.258 e. The van der Waals surface area contributed by atoms with E-state index in [2.05, 4.69) is 0 Å². The van der Waals surface area contributed by atoms with Gasteiger partial charge in [-0.1, -0.05) is 42.0 Å². The van der Waals surface area contributed by atoms with Gasteiger partial charge in [0.05, 0.1) is 5.69 Å². The highest BCUT2D eigenvalue weighted by Crippen LogP contribution is 2.21. The van der Waals surface area contributed by atoms with Crippen LogP contribution in [0, 0.1) is 6.92 Å². The number of nitrogens with two attached hydrogens (primary N) is 1. The minimum Gasteiger partial charge on any atom is -0.389 e. The maximum atomic E-state index is 12.5. The van der Waals surface area contributed by atoms with Crippen molar-refractivity contribution in [2.24, 2.45) is 5.73 Å². The molecule has 0 aliphatic carbocycles. The molecule has 0 saturated heterocycles. The molecule has 2 rings (SSSR count). The molecule has 0 heterocycles. The van der Waals surface area contributed by atoms with Crippen LogP contribution in [0.1, 0.15) is 21.5 Å². The molecule has 0 bridgehead atoms. The zero-order valence-electron chi connectivity index (χ0n) is 11.5. The SMILES string of the molecule is Cc1ccc(C(=O)N(C)c2ccccc2C(N)=S)cc1. The Balaban J connectivity index is 2.36. The predicted octanol–water partition coefficient (Wildman–Crippen LogP) is 2.91. The molecule has 0 aromatic heterocycles. The van der Waals surface area contributed by atoms with Gasteiger partial charge in [-0.3, -0.25) is 4.79 Å². The van der Waals surface area contributed by atoms with Crippen LogP contribution >= 0.6 is 12.2 Å². The van der Waals surface area contributed by atoms with Crippen molar-refractivity contribution in [1.29, 1.82) is 0 Å². The van der Waals surface area contributed by atoms with E-state index in [-0.39, 0.29) is 10.9 Å². The number of aryl methyl sites for hydroxylation is 1. The van der Waals surface area contributed by atoms with Crippen LogP contribution in [0.2, 0.25) is 0 Å². The summed E-state index contributed by atoms with van der Waals surface area (Å²) in [5.41, 5.74) is 8.87. The number of benzene rings is 2. The summed E-state index contributed by atoms with van der Waals surface area (Å²) in [7, 11) is 1.72. The van der Waals surface area contributed by atoms with Gasteiger partial charge >= 0.3 is 0 Å². The molecule has 1 amide bonds. The Bertz CT molecular complexity index is 650. The average molecular weight is 284 g/mol. The molecule has 2 N–H and O–H groups in total. The van der Waals surface area contributed by atoms with Gasteiger partial charge in [0, 0.05) is 18.2 Å². The van der Waals surface area contributed by atoms with E-state index < -0.39 is 0 Å². The molecule has 20 heavy (non-hydrogen) atoms. The van der Waals surface area contributed by atoms with Crippen molar-refractivity contribution in [3.63, 3.8) is 0 Å². The summed E-state index contributed by atoms with van der Waals surface area (Å²) in [6.45, 7) is 1.99. The quantitative estimate of drug-likeness (QED) is 0.882. The minimum absolute atomic E-state index is 0.0892. The van der Waals surface area contributed by atoms with Gasteiger partial charge in [0.1, 0.15) is 4.99 Å². The Kier molecular flexibility index (Phi) is 4.15. The van der Waals surface area contributed by atoms with E-state index >= 15 is 0 Å². The molecule has 3 nitrogen and oxygen atoms in total. The van der Waals surface area contributed by atoms with Crippen molar-refractivity contribution in [2.75, 3.05) is 11.9 Å². The molecule has 0 aliphatic heterocycles. The molecule has 0 radical (unpaired) electrons. The minimum atomic E-state index is -0.0892. The van der Waals surface area contributed by atoms with Gasteiger partial charge in [0.25, 0.3) is 5.91 Å². The highest BCUT2D eigenvalue weighted by molar-refractivity contribution is 7.80. The van der Waals surface area contributed by atoms with Crippen molar-refractivity contribution in [3.8, 4) is 0 Å². The first-order valence-electron chi connectivity index (χ1n) is 6.24. The van der Waals surface area contributed by atoms with Gasteiger partial charge in [0.2, 0.25) is 0 Å². The first-order chi connectivity index (χ1) is 9.50. The number of nitrogens with zero attached hydrogens (tertiary/aromatic N) is 1. The van der Waals surface area contributed by atoms with E-state index in [0.29, 0.717) is 16.8 Å². The number of thiocarbonyl (C=S) groups is 1. The van der Waals surface area contributed by atoms with Crippen LogP contribution in [-0.2, 0) is 0 Å². The van der Waals surface area contributed by atoms with Crippen molar-refractivity contribution >= 4 is 28.8 Å². The summed E-state index contributed by atoms with van der Waals surface area (Å²) in [6.07, 6.45) is 0. The maximum absolute atomic E-state index is 12.5. The second kappa shape index (κ2) is 5.84. The fourth-order valence-corrected chi connectivity index (χ4v) is 2.15. The fraction of sp³-hybridized carbons (Fsp3) is 0.125. The number of hydrogen-bond acceptors (Lipinski definition) is 2. The van der Waals surface area contributed by atoms with Gasteiger partial charge < -0.3 is 10.6 Å². The lowest BCUT2D eigenvalue weighted by molar-refractivity contribution is 0.0993. The molecule has 0 fully saturated rings. The first-order valence-corrected chi connectivity index (χ1v) is 6.65. The monoisotopic (exact) mass is 284 g/mol. The third-order valence-corrected chi connectivity index (χ3v) is 3.35. The maximum Gasteiger partial charge on any atom is 0.258 e. The van der Waals surface area contributed by atoms with E-state index in [1.807, 2.05) is 55.5 Å². The van der Waals surface area contributed by atoms with E-state index in [4.69, 9.17) is 18.0 Å². The number of carbonyl (C=O) groups excluding carboxylic acids is 1. The summed E-state index contributed by atoms with van der Waals surface area (Å²) in [5, 5.41) is 0. The third-order valence-electron chi connectivity index (χ3n) is 3.13. The lowest BCUT2D eigenvalue weighted by Crippen LogP contribution is -2.28. The number of para-hydroxylation sites is 1. The Labute approximate surface area is 124 Å². The van der Waals surface area contributed by atoms with Crippen LogP contribution in [0.15, 0.2) is 48.5 Å². The Morgan fingerprint density at radius 3 is 2.30 bits per heavy atom. The number of carbonyl (C=O) groups is 1. The van der Waals surface area contributed by atoms with Gasteiger partial charge in [-0.2, -0.15) is 0 Å². The van der Waals surface area contributed by atoms with Crippen LogP contribution in [0.5, 0.6) is 0 Å². The standard InChI is InChI=1S/C16H16N2OS/c1-11-7-9-12(10-8-11)16(19)18(2)14-6-4-3-5-13(14)15(17)20/h3-10H,1-2H3,(H2,17,20). The first kappa shape index (κ1) is 14.2. The lowest BCUT2D eigenvalue weighted by Gasteiger charge is -2.20. The number of anilines is 1. The van der Waals surface area contributed by atoms with Gasteiger partial charge in [0.15, 0.2) is 0 Å². The Hall–Kier alpha value is -2.20. The van der Waals surface area contributed by atoms with E-state index in [0.717, 1.165) is 5.56 Å². The molecule has 0 saturated carbocycles. The van der Waals surface area contributed by atoms with Gasteiger partial charge in [-0.15, -0.1) is 0 Å². The predicted molar refractivity (Wildman–Crippen MR) is 86.2 cm³/mol. The van der Waals surface area contributed by atoms with Crippen molar-refractivity contribution < 1.29 is 4.79 Å². The summed E-state index contributed by atoms with van der Waals surface area (Å²) in [6, 6.07) is 14.8. The normalized spacial score (nSPS) is 10.1. The molecule has 0 aliphatic rings. The van der Waals surface area contributed by atoms with Crippen LogP contribution in [0.25, 0.3) is 0 Å². The van der Waals surface area contributed by atoms with Crippen molar-refractivity contribution in [1.82, 2.24) is 0 Å². The largest absolute Gasteiger partial charge is 0.389 e. The summed E-state index contributed by atoms with van der Waals surface area (Å²) in [5.74, 6) is -0.0892. The lowest BCUT2D eigenvalue weighted by atomic mass is 10.1.